The van der Waals surface area contributed by atoms with E-state index in [-0.39, 0.29) is 18.1 Å². The van der Waals surface area contributed by atoms with Crippen LogP contribution in [-0.4, -0.2) is 57.9 Å². The van der Waals surface area contributed by atoms with E-state index in [2.05, 4.69) is 15.3 Å². The van der Waals surface area contributed by atoms with Gasteiger partial charge in [-0.1, -0.05) is 0 Å². The largest absolute Gasteiger partial charge is 0.490 e. The van der Waals surface area contributed by atoms with Crippen LogP contribution in [0.4, 0.5) is 23.5 Å². The fraction of sp³-hybridized carbons (Fsp3) is 0.474. The molecule has 0 radical (unpaired) electrons. The molecule has 2 aromatic heterocycles. The first-order chi connectivity index (χ1) is 15.1. The number of fused-ring (bicyclic) bond motifs is 1. The van der Waals surface area contributed by atoms with E-state index in [1.165, 1.54) is 12.4 Å². The smallest absolute Gasteiger partial charge is 0.475 e. The van der Waals surface area contributed by atoms with Crippen molar-refractivity contribution in [2.75, 3.05) is 11.4 Å². The Bertz CT molecular complexity index is 907. The highest BCUT2D eigenvalue weighted by Gasteiger charge is 2.42. The van der Waals surface area contributed by atoms with Crippen LogP contribution in [0.5, 0.6) is 0 Å². The van der Waals surface area contributed by atoms with Crippen LogP contribution < -0.4 is 10.2 Å². The van der Waals surface area contributed by atoms with Crippen molar-refractivity contribution in [2.24, 2.45) is 0 Å². The quantitative estimate of drug-likeness (QED) is 0.668. The summed E-state index contributed by atoms with van der Waals surface area (Å²) in [4.78, 5) is 31.4. The Labute approximate surface area is 179 Å². The Hall–Kier alpha value is -3.22. The van der Waals surface area contributed by atoms with Crippen molar-refractivity contribution in [3.8, 4) is 0 Å². The molecule has 2 N–H and O–H groups in total. The van der Waals surface area contributed by atoms with Crippen molar-refractivity contribution < 1.29 is 41.4 Å². The number of furan rings is 1. The van der Waals surface area contributed by atoms with Gasteiger partial charge in [-0.25, -0.2) is 19.2 Å². The summed E-state index contributed by atoms with van der Waals surface area (Å²) in [6.45, 7) is 1.09. The number of carbonyl (C=O) groups excluding carboxylic acids is 1. The molecule has 3 atom stereocenters. The zero-order valence-electron chi connectivity index (χ0n) is 16.6. The standard InChI is InChI=1S/C17H19FN4O3.C2HF3O2/c18-11-8-20-17(21-9-11)22-6-5-14-13(22)3-4-15(25-14)16(23)19-10-12-2-1-7-24-12;3-2(4,5)1(6)7/h1-2,7-9,13-15H,3-6,10H2,(H,19,23);(H,6,7)/t13-,14-,15+;/m1./s1. The lowest BCUT2D eigenvalue weighted by Gasteiger charge is -2.35. The first-order valence-corrected chi connectivity index (χ1v) is 9.65. The summed E-state index contributed by atoms with van der Waals surface area (Å²) in [6, 6.07) is 3.73. The Morgan fingerprint density at radius 2 is 1.91 bits per heavy atom. The van der Waals surface area contributed by atoms with Gasteiger partial charge in [0.2, 0.25) is 11.9 Å². The van der Waals surface area contributed by atoms with Crippen molar-refractivity contribution in [2.45, 2.75) is 50.2 Å². The number of hydrogen-bond acceptors (Lipinski definition) is 7. The molecule has 9 nitrogen and oxygen atoms in total. The average Bonchev–Trinajstić information content (AvgIpc) is 3.42. The third kappa shape index (κ3) is 5.93. The van der Waals surface area contributed by atoms with Gasteiger partial charge in [-0.15, -0.1) is 0 Å². The second-order valence-electron chi connectivity index (χ2n) is 7.09. The topological polar surface area (TPSA) is 118 Å². The summed E-state index contributed by atoms with van der Waals surface area (Å²) in [6.07, 6.45) is 0.579. The maximum Gasteiger partial charge on any atom is 0.490 e. The minimum Gasteiger partial charge on any atom is -0.475 e. The molecule has 2 aromatic rings. The van der Waals surface area contributed by atoms with E-state index in [1.807, 2.05) is 11.0 Å². The molecule has 2 fully saturated rings. The van der Waals surface area contributed by atoms with Crippen LogP contribution in [0.3, 0.4) is 0 Å². The zero-order chi connectivity index (χ0) is 23.3. The highest BCUT2D eigenvalue weighted by atomic mass is 19.4. The third-order valence-electron chi connectivity index (χ3n) is 4.96. The summed E-state index contributed by atoms with van der Waals surface area (Å²) in [5.41, 5.74) is 0. The Kier molecular flexibility index (Phi) is 7.28. The van der Waals surface area contributed by atoms with Gasteiger partial charge in [-0.2, -0.15) is 13.2 Å². The zero-order valence-corrected chi connectivity index (χ0v) is 16.6. The number of carbonyl (C=O) groups is 2. The Balaban J connectivity index is 0.000000360. The monoisotopic (exact) mass is 460 g/mol. The van der Waals surface area contributed by atoms with Gasteiger partial charge in [0.15, 0.2) is 5.82 Å². The van der Waals surface area contributed by atoms with Crippen LogP contribution >= 0.6 is 0 Å². The van der Waals surface area contributed by atoms with Crippen molar-refractivity contribution in [3.63, 3.8) is 0 Å². The summed E-state index contributed by atoms with van der Waals surface area (Å²) in [7, 11) is 0. The van der Waals surface area contributed by atoms with Gasteiger partial charge in [-0.05, 0) is 31.4 Å². The average molecular weight is 460 g/mol. The number of alkyl halides is 3. The molecule has 0 spiro atoms. The molecule has 32 heavy (non-hydrogen) atoms. The Morgan fingerprint density at radius 1 is 1.22 bits per heavy atom. The van der Waals surface area contributed by atoms with Gasteiger partial charge in [-0.3, -0.25) is 4.79 Å². The number of halogens is 4. The number of carboxylic acids is 1. The summed E-state index contributed by atoms with van der Waals surface area (Å²) in [5.74, 6) is -2.10. The van der Waals surface area contributed by atoms with Crippen molar-refractivity contribution >= 4 is 17.8 Å². The number of nitrogens with one attached hydrogen (secondary N) is 1. The van der Waals surface area contributed by atoms with Crippen molar-refractivity contribution in [1.82, 2.24) is 15.3 Å². The molecule has 1 amide bonds. The Morgan fingerprint density at radius 3 is 2.50 bits per heavy atom. The number of ether oxygens (including phenoxy) is 1. The number of carboxylic acid groups (broad SMARTS) is 1. The predicted octanol–water partition coefficient (Wildman–Crippen LogP) is 2.28. The molecule has 4 rings (SSSR count). The van der Waals surface area contributed by atoms with Crippen LogP contribution in [0, 0.1) is 5.82 Å². The number of amides is 1. The van der Waals surface area contributed by atoms with Crippen LogP contribution in [-0.2, 0) is 20.9 Å². The van der Waals surface area contributed by atoms with E-state index in [9.17, 15) is 22.4 Å². The molecule has 174 valence electrons. The van der Waals surface area contributed by atoms with Gasteiger partial charge in [0.1, 0.15) is 11.9 Å². The highest BCUT2D eigenvalue weighted by molar-refractivity contribution is 5.80. The van der Waals surface area contributed by atoms with E-state index in [4.69, 9.17) is 19.1 Å². The number of hydrogen-bond donors (Lipinski definition) is 2. The summed E-state index contributed by atoms with van der Waals surface area (Å²) < 4.78 is 56.0. The maximum atomic E-state index is 13.0. The molecule has 2 aliphatic rings. The first-order valence-electron chi connectivity index (χ1n) is 9.65. The number of rotatable bonds is 4. The van der Waals surface area contributed by atoms with Crippen molar-refractivity contribution in [3.05, 3.63) is 42.4 Å². The molecular formula is C19H20F4N4O5. The molecule has 13 heteroatoms. The lowest BCUT2D eigenvalue weighted by Crippen LogP contribution is -2.48. The number of aliphatic carboxylic acids is 1. The molecule has 2 saturated heterocycles. The van der Waals surface area contributed by atoms with E-state index >= 15 is 0 Å². The lowest BCUT2D eigenvalue weighted by atomic mass is 9.98. The first kappa shape index (κ1) is 23.4. The molecule has 0 aliphatic carbocycles. The van der Waals surface area contributed by atoms with Gasteiger partial charge in [0.25, 0.3) is 0 Å². The predicted molar refractivity (Wildman–Crippen MR) is 99.9 cm³/mol. The van der Waals surface area contributed by atoms with Gasteiger partial charge < -0.3 is 24.5 Å². The minimum atomic E-state index is -5.08. The van der Waals surface area contributed by atoms with Crippen LogP contribution in [0.2, 0.25) is 0 Å². The van der Waals surface area contributed by atoms with Gasteiger partial charge in [0, 0.05) is 6.54 Å². The second kappa shape index (κ2) is 9.94. The number of aromatic nitrogens is 2. The molecule has 0 saturated carbocycles. The molecule has 4 heterocycles. The van der Waals surface area contributed by atoms with Crippen LogP contribution in [0.25, 0.3) is 0 Å². The minimum absolute atomic E-state index is 0.0400. The van der Waals surface area contributed by atoms with Gasteiger partial charge in [0.05, 0.1) is 37.3 Å². The highest BCUT2D eigenvalue weighted by Crippen LogP contribution is 2.33. The fourth-order valence-corrected chi connectivity index (χ4v) is 3.52. The maximum absolute atomic E-state index is 13.0. The lowest BCUT2D eigenvalue weighted by molar-refractivity contribution is -0.192. The second-order valence-corrected chi connectivity index (χ2v) is 7.09. The molecule has 0 aromatic carbocycles. The summed E-state index contributed by atoms with van der Waals surface area (Å²) in [5, 5.41) is 9.97. The fourth-order valence-electron chi connectivity index (χ4n) is 3.52. The van der Waals surface area contributed by atoms with E-state index in [1.54, 1.807) is 12.3 Å². The molecule has 0 bridgehead atoms. The van der Waals surface area contributed by atoms with E-state index < -0.39 is 24.1 Å². The van der Waals surface area contributed by atoms with Gasteiger partial charge >= 0.3 is 12.1 Å². The van der Waals surface area contributed by atoms with Crippen LogP contribution in [0.1, 0.15) is 25.0 Å². The number of anilines is 1. The summed E-state index contributed by atoms with van der Waals surface area (Å²) >= 11 is 0. The SMILES string of the molecule is O=C(NCc1ccco1)[C@@H]1CC[C@@H]2[C@@H](CCN2c2ncc(F)cn2)O1.O=C(O)C(F)(F)F. The van der Waals surface area contributed by atoms with Crippen LogP contribution in [0.15, 0.2) is 35.2 Å². The molecular weight excluding hydrogens is 440 g/mol. The van der Waals surface area contributed by atoms with E-state index in [0.29, 0.717) is 24.7 Å². The van der Waals surface area contributed by atoms with Crippen molar-refractivity contribution in [1.29, 1.82) is 0 Å². The normalized spacial score (nSPS) is 22.5. The third-order valence-corrected chi connectivity index (χ3v) is 4.96. The molecule has 0 unspecified atom stereocenters. The van der Waals surface area contributed by atoms with E-state index in [0.717, 1.165) is 19.4 Å². The number of nitrogens with zero attached hydrogens (tertiary/aromatic N) is 3. The molecule has 2 aliphatic heterocycles.